The van der Waals surface area contributed by atoms with E-state index in [4.69, 9.17) is 15.3 Å². The van der Waals surface area contributed by atoms with Crippen LogP contribution in [0.3, 0.4) is 0 Å². The van der Waals surface area contributed by atoms with E-state index in [0.717, 1.165) is 6.07 Å². The average Bonchev–Trinajstić information content (AvgIpc) is 2.46. The Morgan fingerprint density at radius 1 is 1.05 bits per heavy atom. The zero-order valence-corrected chi connectivity index (χ0v) is 10.3. The topological polar surface area (TPSA) is 69.7 Å². The highest BCUT2D eigenvalue weighted by atomic mass is 19.4. The monoisotopic (exact) mass is 289 g/mol. The van der Waals surface area contributed by atoms with Crippen LogP contribution in [-0.4, -0.2) is 4.98 Å². The van der Waals surface area contributed by atoms with Crippen LogP contribution in [0.4, 0.5) is 13.2 Å². The number of rotatable bonds is 2. The Kier molecular flexibility index (Phi) is 3.77. The highest BCUT2D eigenvalue weighted by Crippen LogP contribution is 2.31. The van der Waals surface area contributed by atoms with Gasteiger partial charge in [0.2, 0.25) is 5.88 Å². The molecule has 2 rings (SSSR count). The lowest BCUT2D eigenvalue weighted by atomic mass is 10.2. The van der Waals surface area contributed by atoms with Crippen LogP contribution in [0, 0.1) is 22.7 Å². The normalized spacial score (nSPS) is 10.5. The van der Waals surface area contributed by atoms with Crippen molar-refractivity contribution in [3.8, 4) is 23.8 Å². The molecule has 4 nitrogen and oxygen atoms in total. The zero-order chi connectivity index (χ0) is 15.5. The van der Waals surface area contributed by atoms with Gasteiger partial charge in [-0.15, -0.1) is 0 Å². The Labute approximate surface area is 117 Å². The summed E-state index contributed by atoms with van der Waals surface area (Å²) < 4.78 is 43.0. The molecule has 0 bridgehead atoms. The second-order valence-electron chi connectivity index (χ2n) is 3.90. The van der Waals surface area contributed by atoms with Crippen molar-refractivity contribution in [1.82, 2.24) is 4.98 Å². The number of aromatic nitrogens is 1. The number of nitrogens with zero attached hydrogens (tertiary/aromatic N) is 3. The maximum atomic E-state index is 12.6. The van der Waals surface area contributed by atoms with E-state index in [9.17, 15) is 13.2 Å². The van der Waals surface area contributed by atoms with Gasteiger partial charge in [0, 0.05) is 0 Å². The predicted molar refractivity (Wildman–Crippen MR) is 65.2 cm³/mol. The third-order valence-electron chi connectivity index (χ3n) is 2.45. The van der Waals surface area contributed by atoms with Crippen LogP contribution in [0.5, 0.6) is 11.6 Å². The van der Waals surface area contributed by atoms with E-state index in [1.807, 2.05) is 6.07 Å². The number of alkyl halides is 3. The Bertz CT molecular complexity index is 757. The molecule has 0 saturated heterocycles. The lowest BCUT2D eigenvalue weighted by Crippen LogP contribution is -2.09. The number of nitriles is 2. The Morgan fingerprint density at radius 3 is 2.43 bits per heavy atom. The molecule has 1 aromatic heterocycles. The van der Waals surface area contributed by atoms with Gasteiger partial charge in [0.25, 0.3) is 0 Å². The second kappa shape index (κ2) is 5.51. The highest BCUT2D eigenvalue weighted by Gasteiger charge is 2.33. The van der Waals surface area contributed by atoms with E-state index < -0.39 is 17.8 Å². The smallest absolute Gasteiger partial charge is 0.433 e. The molecular formula is C14H6F3N3O. The minimum atomic E-state index is -4.64. The molecule has 21 heavy (non-hydrogen) atoms. The molecule has 0 atom stereocenters. The summed E-state index contributed by atoms with van der Waals surface area (Å²) in [5.74, 6) is -0.334. The van der Waals surface area contributed by atoms with Gasteiger partial charge in [-0.2, -0.15) is 23.7 Å². The average molecular weight is 289 g/mol. The van der Waals surface area contributed by atoms with Gasteiger partial charge in [0.15, 0.2) is 0 Å². The summed E-state index contributed by atoms with van der Waals surface area (Å²) in [6.07, 6.45) is -4.64. The van der Waals surface area contributed by atoms with Crippen molar-refractivity contribution in [2.75, 3.05) is 0 Å². The van der Waals surface area contributed by atoms with Crippen molar-refractivity contribution < 1.29 is 17.9 Å². The third kappa shape index (κ3) is 3.28. The van der Waals surface area contributed by atoms with E-state index >= 15 is 0 Å². The summed E-state index contributed by atoms with van der Waals surface area (Å²) >= 11 is 0. The molecule has 7 heteroatoms. The SMILES string of the molecule is N#Cc1cccc(Oc2nc(C(F)(F)F)ccc2C#N)c1. The lowest BCUT2D eigenvalue weighted by molar-refractivity contribution is -0.141. The van der Waals surface area contributed by atoms with Gasteiger partial charge in [-0.3, -0.25) is 0 Å². The second-order valence-corrected chi connectivity index (χ2v) is 3.90. The molecule has 0 radical (unpaired) electrons. The van der Waals surface area contributed by atoms with E-state index in [1.54, 1.807) is 6.07 Å². The van der Waals surface area contributed by atoms with Gasteiger partial charge in [-0.1, -0.05) is 6.07 Å². The third-order valence-corrected chi connectivity index (χ3v) is 2.45. The number of pyridine rings is 1. The first kappa shape index (κ1) is 14.4. The molecule has 2 aromatic rings. The Morgan fingerprint density at radius 2 is 1.81 bits per heavy atom. The van der Waals surface area contributed by atoms with E-state index in [-0.39, 0.29) is 16.9 Å². The number of ether oxygens (including phenoxy) is 1. The van der Waals surface area contributed by atoms with Crippen molar-refractivity contribution in [3.05, 3.63) is 53.2 Å². The van der Waals surface area contributed by atoms with Gasteiger partial charge in [0.05, 0.1) is 11.6 Å². The van der Waals surface area contributed by atoms with Crippen LogP contribution in [0.15, 0.2) is 36.4 Å². The Hall–Kier alpha value is -3.06. The van der Waals surface area contributed by atoms with Gasteiger partial charge in [-0.25, -0.2) is 4.98 Å². The van der Waals surface area contributed by atoms with Crippen molar-refractivity contribution in [2.24, 2.45) is 0 Å². The minimum Gasteiger partial charge on any atom is -0.438 e. The van der Waals surface area contributed by atoms with Crippen molar-refractivity contribution in [1.29, 1.82) is 10.5 Å². The summed E-state index contributed by atoms with van der Waals surface area (Å²) in [5.41, 5.74) is -1.02. The van der Waals surface area contributed by atoms with Crippen LogP contribution in [0.1, 0.15) is 16.8 Å². The first-order chi connectivity index (χ1) is 9.94. The fraction of sp³-hybridized carbons (Fsp3) is 0.0714. The van der Waals surface area contributed by atoms with Crippen molar-refractivity contribution >= 4 is 0 Å². The first-order valence-corrected chi connectivity index (χ1v) is 5.60. The van der Waals surface area contributed by atoms with Gasteiger partial charge in [0.1, 0.15) is 23.1 Å². The van der Waals surface area contributed by atoms with E-state index in [0.29, 0.717) is 6.07 Å². The zero-order valence-electron chi connectivity index (χ0n) is 10.3. The molecule has 0 fully saturated rings. The van der Waals surface area contributed by atoms with Gasteiger partial charge in [-0.05, 0) is 30.3 Å². The molecule has 0 aliphatic heterocycles. The summed E-state index contributed by atoms with van der Waals surface area (Å²) in [7, 11) is 0. The fourth-order valence-corrected chi connectivity index (χ4v) is 1.50. The quantitative estimate of drug-likeness (QED) is 0.846. The van der Waals surface area contributed by atoms with Crippen molar-refractivity contribution in [2.45, 2.75) is 6.18 Å². The molecule has 1 heterocycles. The molecule has 0 spiro atoms. The van der Waals surface area contributed by atoms with Crippen LogP contribution in [-0.2, 0) is 6.18 Å². The number of hydrogen-bond donors (Lipinski definition) is 0. The summed E-state index contributed by atoms with van der Waals surface area (Å²) in [4.78, 5) is 3.31. The maximum absolute atomic E-state index is 12.6. The summed E-state index contributed by atoms with van der Waals surface area (Å²) in [6.45, 7) is 0. The molecule has 0 N–H and O–H groups in total. The molecule has 0 amide bonds. The summed E-state index contributed by atoms with van der Waals surface area (Å²) in [6, 6.07) is 11.1. The van der Waals surface area contributed by atoms with Crippen LogP contribution in [0.2, 0.25) is 0 Å². The van der Waals surface area contributed by atoms with Crippen LogP contribution in [0.25, 0.3) is 0 Å². The molecule has 0 saturated carbocycles. The lowest BCUT2D eigenvalue weighted by Gasteiger charge is -2.10. The standard InChI is InChI=1S/C14H6F3N3O/c15-14(16,17)12-5-4-10(8-19)13(20-12)21-11-3-1-2-9(6-11)7-18/h1-6H. The van der Waals surface area contributed by atoms with Gasteiger partial charge < -0.3 is 4.74 Å². The molecule has 104 valence electrons. The predicted octanol–water partition coefficient (Wildman–Crippen LogP) is 3.64. The van der Waals surface area contributed by atoms with Crippen LogP contribution >= 0.6 is 0 Å². The first-order valence-electron chi connectivity index (χ1n) is 5.60. The molecular weight excluding hydrogens is 283 g/mol. The fourth-order valence-electron chi connectivity index (χ4n) is 1.50. The number of halogens is 3. The van der Waals surface area contributed by atoms with E-state index in [2.05, 4.69) is 4.98 Å². The largest absolute Gasteiger partial charge is 0.438 e. The highest BCUT2D eigenvalue weighted by molar-refractivity contribution is 5.43. The molecule has 0 aliphatic rings. The number of hydrogen-bond acceptors (Lipinski definition) is 4. The molecule has 0 unspecified atom stereocenters. The van der Waals surface area contributed by atoms with E-state index in [1.165, 1.54) is 24.3 Å². The van der Waals surface area contributed by atoms with Crippen LogP contribution < -0.4 is 4.74 Å². The van der Waals surface area contributed by atoms with Crippen molar-refractivity contribution in [3.63, 3.8) is 0 Å². The summed E-state index contributed by atoms with van der Waals surface area (Å²) in [5, 5.41) is 17.6. The number of benzene rings is 1. The molecule has 0 aliphatic carbocycles. The Balaban J connectivity index is 2.43. The van der Waals surface area contributed by atoms with Gasteiger partial charge >= 0.3 is 6.18 Å². The maximum Gasteiger partial charge on any atom is 0.433 e. The molecule has 1 aromatic carbocycles. The minimum absolute atomic E-state index is 0.123.